The molecule has 0 amide bonds. The zero-order chi connectivity index (χ0) is 16.4. The van der Waals surface area contributed by atoms with Crippen LogP contribution in [0.25, 0.3) is 0 Å². The van der Waals surface area contributed by atoms with Crippen molar-refractivity contribution in [2.45, 2.75) is 86.5 Å². The summed E-state index contributed by atoms with van der Waals surface area (Å²) in [6, 6.07) is 6.75. The molecule has 126 valence electrons. The number of unbranched alkanes of at least 4 members (excludes halogenated alkanes) is 3. The minimum absolute atomic E-state index is 1.16. The molecule has 0 bridgehead atoms. The first-order valence-electron chi connectivity index (χ1n) is 9.32. The fourth-order valence-corrected chi connectivity index (χ4v) is 16.6. The second-order valence-corrected chi connectivity index (χ2v) is 18.5. The summed E-state index contributed by atoms with van der Waals surface area (Å²) in [5.41, 5.74) is 2.66. The molecule has 2 heteroatoms. The molecule has 1 nitrogen and oxygen atoms in total. The SMILES string of the molecule is CCC[CH2][Sn]([CH2]CCC)([CH2]CCC)[O]c1cc(C)cc(C)c1. The maximum atomic E-state index is 6.88. The fraction of sp³-hybridized carbons (Fsp3) is 0.700. The van der Waals surface area contributed by atoms with Gasteiger partial charge in [-0.1, -0.05) is 0 Å². The zero-order valence-corrected chi connectivity index (χ0v) is 18.4. The van der Waals surface area contributed by atoms with Crippen LogP contribution in [-0.4, -0.2) is 18.8 Å². The first-order valence-corrected chi connectivity index (χ1v) is 16.5. The van der Waals surface area contributed by atoms with Gasteiger partial charge in [-0.15, -0.1) is 0 Å². The Morgan fingerprint density at radius 1 is 0.727 bits per heavy atom. The summed E-state index contributed by atoms with van der Waals surface area (Å²) in [6.45, 7) is 11.3. The summed E-state index contributed by atoms with van der Waals surface area (Å²) in [5.74, 6) is 1.16. The Hall–Kier alpha value is -0.181. The molecule has 0 saturated heterocycles. The van der Waals surface area contributed by atoms with E-state index in [1.54, 1.807) is 0 Å². The van der Waals surface area contributed by atoms with Crippen LogP contribution in [0.1, 0.15) is 70.4 Å². The minimum atomic E-state index is -2.51. The molecule has 0 radical (unpaired) electrons. The molecule has 0 unspecified atom stereocenters. The van der Waals surface area contributed by atoms with Crippen molar-refractivity contribution >= 4 is 18.8 Å². The van der Waals surface area contributed by atoms with Gasteiger partial charge in [0.2, 0.25) is 0 Å². The van der Waals surface area contributed by atoms with Gasteiger partial charge in [-0.05, 0) is 0 Å². The van der Waals surface area contributed by atoms with Gasteiger partial charge in [-0.3, -0.25) is 0 Å². The van der Waals surface area contributed by atoms with Crippen molar-refractivity contribution in [3.05, 3.63) is 29.3 Å². The van der Waals surface area contributed by atoms with Crippen molar-refractivity contribution < 1.29 is 3.07 Å². The van der Waals surface area contributed by atoms with Gasteiger partial charge in [0, 0.05) is 0 Å². The van der Waals surface area contributed by atoms with Gasteiger partial charge >= 0.3 is 143 Å². The van der Waals surface area contributed by atoms with Crippen LogP contribution < -0.4 is 3.07 Å². The van der Waals surface area contributed by atoms with E-state index in [9.17, 15) is 0 Å². The second-order valence-electron chi connectivity index (χ2n) is 6.92. The van der Waals surface area contributed by atoms with E-state index in [1.807, 2.05) is 0 Å². The van der Waals surface area contributed by atoms with Gasteiger partial charge in [-0.25, -0.2) is 0 Å². The van der Waals surface area contributed by atoms with E-state index in [2.05, 4.69) is 52.8 Å². The molecule has 0 aromatic heterocycles. The van der Waals surface area contributed by atoms with E-state index < -0.39 is 18.8 Å². The normalized spacial score (nSPS) is 11.7. The molecule has 0 N–H and O–H groups in total. The molecule has 0 aliphatic carbocycles. The number of aryl methyl sites for hydroxylation is 2. The third-order valence-corrected chi connectivity index (χ3v) is 17.2. The summed E-state index contributed by atoms with van der Waals surface area (Å²) < 4.78 is 11.1. The average Bonchev–Trinajstić information content (AvgIpc) is 2.47. The molecule has 0 aliphatic rings. The Morgan fingerprint density at radius 3 is 1.50 bits per heavy atom. The second kappa shape index (κ2) is 10.6. The topological polar surface area (TPSA) is 9.23 Å². The van der Waals surface area contributed by atoms with E-state index in [4.69, 9.17) is 3.07 Å². The predicted molar refractivity (Wildman–Crippen MR) is 101 cm³/mol. The van der Waals surface area contributed by atoms with Crippen LogP contribution in [0.2, 0.25) is 13.3 Å². The molecule has 0 saturated carbocycles. The quantitative estimate of drug-likeness (QED) is 0.356. The molecule has 0 heterocycles. The number of hydrogen-bond acceptors (Lipinski definition) is 1. The maximum absolute atomic E-state index is 6.88. The molecular formula is C20H36OSn. The Labute approximate surface area is 143 Å². The van der Waals surface area contributed by atoms with E-state index in [0.717, 1.165) is 5.75 Å². The van der Waals surface area contributed by atoms with Crippen LogP contribution in [0.5, 0.6) is 5.75 Å². The molecule has 0 fully saturated rings. The molecule has 1 aromatic rings. The van der Waals surface area contributed by atoms with Crippen LogP contribution in [0.4, 0.5) is 0 Å². The zero-order valence-electron chi connectivity index (χ0n) is 15.5. The van der Waals surface area contributed by atoms with E-state index in [1.165, 1.54) is 63.0 Å². The molecule has 0 atom stereocenters. The van der Waals surface area contributed by atoms with E-state index in [0.29, 0.717) is 0 Å². The van der Waals surface area contributed by atoms with Crippen molar-refractivity contribution in [3.63, 3.8) is 0 Å². The van der Waals surface area contributed by atoms with Crippen LogP contribution in [0.15, 0.2) is 18.2 Å². The summed E-state index contributed by atoms with van der Waals surface area (Å²) in [7, 11) is 0. The first kappa shape index (κ1) is 19.9. The summed E-state index contributed by atoms with van der Waals surface area (Å²) in [5, 5.41) is 0. The molecule has 22 heavy (non-hydrogen) atoms. The Bertz CT molecular complexity index is 386. The molecule has 1 aromatic carbocycles. The number of hydrogen-bond donors (Lipinski definition) is 0. The van der Waals surface area contributed by atoms with Gasteiger partial charge < -0.3 is 0 Å². The molecule has 1 rings (SSSR count). The standard InChI is InChI=1S/C8H10O.3C4H9.Sn/c1-6-3-7(2)5-8(9)4-6;3*1-3-4-2;/h3-5,9H,1-2H3;3*1,3-4H2,2H3;/q;;;;+1/p-1. The van der Waals surface area contributed by atoms with Crippen molar-refractivity contribution in [3.8, 4) is 5.75 Å². The predicted octanol–water partition coefficient (Wildman–Crippen LogP) is 7.03. The van der Waals surface area contributed by atoms with Crippen molar-refractivity contribution in [2.75, 3.05) is 0 Å². The van der Waals surface area contributed by atoms with Crippen LogP contribution in [0, 0.1) is 13.8 Å². The van der Waals surface area contributed by atoms with Gasteiger partial charge in [-0.2, -0.15) is 0 Å². The van der Waals surface area contributed by atoms with Gasteiger partial charge in [0.15, 0.2) is 0 Å². The Balaban J connectivity index is 2.97. The Kier molecular flexibility index (Phi) is 9.54. The van der Waals surface area contributed by atoms with Crippen LogP contribution in [-0.2, 0) is 0 Å². The summed E-state index contributed by atoms with van der Waals surface area (Å²) >= 11 is -2.51. The van der Waals surface area contributed by atoms with Crippen molar-refractivity contribution in [1.82, 2.24) is 0 Å². The third-order valence-electron chi connectivity index (χ3n) is 4.49. The number of benzene rings is 1. The van der Waals surface area contributed by atoms with Crippen LogP contribution >= 0.6 is 0 Å². The van der Waals surface area contributed by atoms with Gasteiger partial charge in [0.05, 0.1) is 0 Å². The monoisotopic (exact) mass is 412 g/mol. The summed E-state index contributed by atoms with van der Waals surface area (Å²) in [4.78, 5) is 0. The average molecular weight is 411 g/mol. The molecular weight excluding hydrogens is 375 g/mol. The molecule has 0 spiro atoms. The third kappa shape index (κ3) is 6.93. The van der Waals surface area contributed by atoms with Gasteiger partial charge in [0.25, 0.3) is 0 Å². The van der Waals surface area contributed by atoms with E-state index in [-0.39, 0.29) is 0 Å². The summed E-state index contributed by atoms with van der Waals surface area (Å²) in [6.07, 6.45) is 7.96. The van der Waals surface area contributed by atoms with Crippen LogP contribution in [0.3, 0.4) is 0 Å². The fourth-order valence-electron chi connectivity index (χ4n) is 3.27. The molecule has 0 aliphatic heterocycles. The first-order chi connectivity index (χ1) is 10.5. The Morgan fingerprint density at radius 2 is 1.14 bits per heavy atom. The van der Waals surface area contributed by atoms with Crippen molar-refractivity contribution in [2.24, 2.45) is 0 Å². The van der Waals surface area contributed by atoms with E-state index >= 15 is 0 Å². The number of rotatable bonds is 11. The van der Waals surface area contributed by atoms with Gasteiger partial charge in [0.1, 0.15) is 0 Å². The van der Waals surface area contributed by atoms with Crippen molar-refractivity contribution in [1.29, 1.82) is 0 Å².